The monoisotopic (exact) mass is 248 g/mol. The van der Waals surface area contributed by atoms with Gasteiger partial charge in [-0.25, -0.2) is 0 Å². The molecule has 1 radical (unpaired) electrons. The van der Waals surface area contributed by atoms with Crippen LogP contribution in [0, 0.1) is 6.42 Å². The molecule has 1 rings (SSSR count). The average Bonchev–Trinajstić information content (AvgIpc) is 2.71. The second kappa shape index (κ2) is 42.9. The van der Waals surface area contributed by atoms with Crippen LogP contribution < -0.4 is 17.2 Å². The third kappa shape index (κ3) is 31.8. The van der Waals surface area contributed by atoms with Crippen LogP contribution in [0.15, 0.2) is 24.3 Å². The predicted molar refractivity (Wildman–Crippen MR) is 52.9 cm³/mol. The zero-order valence-electron chi connectivity index (χ0n) is 8.12. The van der Waals surface area contributed by atoms with Crippen LogP contribution in [0.1, 0.15) is 0 Å². The fourth-order valence-corrected chi connectivity index (χ4v) is 0.321. The molecule has 0 saturated carbocycles. The van der Waals surface area contributed by atoms with E-state index in [1.54, 1.807) is 0 Å². The summed E-state index contributed by atoms with van der Waals surface area (Å²) in [4.78, 5) is 0. The zero-order valence-corrected chi connectivity index (χ0v) is 10.6. The number of nitrogens with two attached hydrogens (primary N) is 3. The Morgan fingerprint density at radius 3 is 0.917 bits per heavy atom. The maximum atomic E-state index is 4.50. The molecule has 6 N–H and O–H groups in total. The van der Waals surface area contributed by atoms with Crippen LogP contribution in [0.25, 0.3) is 0 Å². The number of allylic oxidation sites excluding steroid dienone is 4. The quantitative estimate of drug-likeness (QED) is 0.567. The van der Waals surface area contributed by atoms with Crippen molar-refractivity contribution in [3.63, 3.8) is 0 Å². The first-order chi connectivity index (χ1) is 5.50. The van der Waals surface area contributed by atoms with Gasteiger partial charge in [0.2, 0.25) is 0 Å². The van der Waals surface area contributed by atoms with Gasteiger partial charge in [-0.3, -0.25) is 0 Å². The maximum Gasteiger partial charge on any atom is 0.00506 e. The van der Waals surface area contributed by atoms with E-state index in [9.17, 15) is 0 Å². The molecular weight excluding hydrogens is 229 g/mol. The Bertz CT molecular complexity index is 72.4. The molecule has 0 aromatic rings. The molecule has 12 heavy (non-hydrogen) atoms. The van der Waals surface area contributed by atoms with E-state index in [1.165, 1.54) is 21.1 Å². The van der Waals surface area contributed by atoms with Crippen molar-refractivity contribution in [1.29, 1.82) is 0 Å². The Morgan fingerprint density at radius 1 is 0.583 bits per heavy atom. The average molecular weight is 249 g/mol. The van der Waals surface area contributed by atoms with Crippen LogP contribution in [0.5, 0.6) is 0 Å². The molecule has 0 atom stereocenters. The van der Waals surface area contributed by atoms with Crippen molar-refractivity contribution < 1.29 is 26.2 Å². The first-order valence-electron chi connectivity index (χ1n) is 3.40. The summed E-state index contributed by atoms with van der Waals surface area (Å²) in [6.45, 7) is 0. The molecule has 0 aromatic heterocycles. The van der Waals surface area contributed by atoms with Crippen LogP contribution in [-0.2, 0) is 26.2 Å². The summed E-state index contributed by atoms with van der Waals surface area (Å²) in [6.07, 6.45) is 10.0. The van der Waals surface area contributed by atoms with Crippen molar-refractivity contribution in [1.82, 2.24) is 0 Å². The summed E-state index contributed by atoms with van der Waals surface area (Å²) in [7, 11) is 4.50. The maximum absolute atomic E-state index is 4.50. The molecule has 1 aliphatic rings. The molecule has 0 saturated heterocycles. The molecule has 0 bridgehead atoms. The fourth-order valence-electron chi connectivity index (χ4n) is 0.321. The van der Waals surface area contributed by atoms with E-state index >= 15 is 0 Å². The first-order valence-corrected chi connectivity index (χ1v) is 3.40. The van der Waals surface area contributed by atoms with Crippen LogP contribution in [0.3, 0.4) is 0 Å². The van der Waals surface area contributed by atoms with Gasteiger partial charge in [-0.2, -0.15) is 0 Å². The Hall–Kier alpha value is 0.243. The minimum absolute atomic E-state index is 0. The second-order valence-electron chi connectivity index (χ2n) is 0.962. The minimum Gasteiger partial charge on any atom is -0.333 e. The minimum atomic E-state index is 0. The third-order valence-electron chi connectivity index (χ3n) is 0.556. The molecule has 3 nitrogen and oxygen atoms in total. The molecule has 0 fully saturated rings. The molecule has 0 aliphatic heterocycles. The van der Waals surface area contributed by atoms with Gasteiger partial charge >= 0.3 is 0 Å². The van der Waals surface area contributed by atoms with Gasteiger partial charge < -0.3 is 17.2 Å². The van der Waals surface area contributed by atoms with E-state index in [1.807, 2.05) is 30.7 Å². The molecule has 0 amide bonds. The Balaban J connectivity index is -0.0000000406. The fraction of sp³-hybridized carbons (Fsp3) is 0.375. The van der Waals surface area contributed by atoms with E-state index < -0.39 is 0 Å². The molecular formula is C8H20N3Zr. The Kier molecular flexibility index (Phi) is 81.4. The van der Waals surface area contributed by atoms with Gasteiger partial charge in [0, 0.05) is 32.6 Å². The van der Waals surface area contributed by atoms with Gasteiger partial charge in [-0.1, -0.05) is 24.3 Å². The summed E-state index contributed by atoms with van der Waals surface area (Å²) in [6, 6.07) is 0. The van der Waals surface area contributed by atoms with Gasteiger partial charge in [-0.15, -0.1) is 0 Å². The summed E-state index contributed by atoms with van der Waals surface area (Å²) in [5.41, 5.74) is 13.5. The molecule has 4 heteroatoms. The van der Waals surface area contributed by atoms with E-state index in [2.05, 4.69) is 17.2 Å². The number of rotatable bonds is 0. The largest absolute Gasteiger partial charge is 0.333 e. The van der Waals surface area contributed by atoms with Crippen LogP contribution in [-0.4, -0.2) is 21.1 Å². The summed E-state index contributed by atoms with van der Waals surface area (Å²) < 4.78 is 0. The van der Waals surface area contributed by atoms with Crippen molar-refractivity contribution >= 4 is 0 Å². The van der Waals surface area contributed by atoms with Gasteiger partial charge in [0.05, 0.1) is 0 Å². The second-order valence-corrected chi connectivity index (χ2v) is 0.962. The van der Waals surface area contributed by atoms with E-state index in [4.69, 9.17) is 0 Å². The predicted octanol–water partition coefficient (Wildman–Crippen LogP) is 0.0389. The topological polar surface area (TPSA) is 78.1 Å². The molecule has 0 heterocycles. The van der Waals surface area contributed by atoms with Crippen molar-refractivity contribution in [3.8, 4) is 0 Å². The van der Waals surface area contributed by atoms with Crippen molar-refractivity contribution in [2.24, 2.45) is 17.2 Å². The SMILES string of the molecule is CN.CN.CN.[CH]1C=CC=C1.[Zr]. The van der Waals surface area contributed by atoms with E-state index in [-0.39, 0.29) is 26.2 Å². The van der Waals surface area contributed by atoms with Crippen molar-refractivity contribution in [2.75, 3.05) is 21.1 Å². The van der Waals surface area contributed by atoms with Crippen LogP contribution >= 0.6 is 0 Å². The van der Waals surface area contributed by atoms with Gasteiger partial charge in [0.25, 0.3) is 0 Å². The molecule has 0 unspecified atom stereocenters. The number of hydrogen-bond donors (Lipinski definition) is 3. The van der Waals surface area contributed by atoms with Crippen molar-refractivity contribution in [3.05, 3.63) is 30.7 Å². The summed E-state index contributed by atoms with van der Waals surface area (Å²) >= 11 is 0. The zero-order chi connectivity index (χ0) is 9.54. The smallest absolute Gasteiger partial charge is 0.00506 e. The molecule has 71 valence electrons. The molecule has 0 aromatic carbocycles. The first kappa shape index (κ1) is 22.8. The van der Waals surface area contributed by atoms with Gasteiger partial charge in [-0.05, 0) is 21.1 Å². The standard InChI is InChI=1S/C5H5.3CH5N.Zr/c1-2-4-5-3-1;3*1-2;/h1-5H;3*2H2,1H3;. The number of hydrogen-bond acceptors (Lipinski definition) is 3. The van der Waals surface area contributed by atoms with Crippen LogP contribution in [0.2, 0.25) is 0 Å². The third-order valence-corrected chi connectivity index (χ3v) is 0.556. The summed E-state index contributed by atoms with van der Waals surface area (Å²) in [5, 5.41) is 0. The van der Waals surface area contributed by atoms with Crippen LogP contribution in [0.4, 0.5) is 0 Å². The normalized spacial score (nSPS) is 8.83. The molecule has 0 spiro atoms. The Labute approximate surface area is 95.2 Å². The van der Waals surface area contributed by atoms with Gasteiger partial charge in [0.15, 0.2) is 0 Å². The van der Waals surface area contributed by atoms with E-state index in [0.717, 1.165) is 0 Å². The summed E-state index contributed by atoms with van der Waals surface area (Å²) in [5.74, 6) is 0. The van der Waals surface area contributed by atoms with E-state index in [0.29, 0.717) is 0 Å². The van der Waals surface area contributed by atoms with Gasteiger partial charge in [0.1, 0.15) is 0 Å². The van der Waals surface area contributed by atoms with Crippen molar-refractivity contribution in [2.45, 2.75) is 0 Å². The molecule has 1 aliphatic carbocycles. The Morgan fingerprint density at radius 2 is 0.833 bits per heavy atom.